The largest absolute Gasteiger partial charge is 0.483 e. The Balaban J connectivity index is 1.45. The predicted molar refractivity (Wildman–Crippen MR) is 116 cm³/mol. The number of para-hydroxylation sites is 1. The van der Waals surface area contributed by atoms with Gasteiger partial charge >= 0.3 is 0 Å². The molecule has 0 aliphatic carbocycles. The molecule has 0 saturated carbocycles. The van der Waals surface area contributed by atoms with Gasteiger partial charge in [0.05, 0.1) is 0 Å². The van der Waals surface area contributed by atoms with Gasteiger partial charge in [-0.3, -0.25) is 9.69 Å². The Hall–Kier alpha value is -2.47. The second-order valence-corrected chi connectivity index (χ2v) is 8.64. The molecule has 6 nitrogen and oxygen atoms in total. The molecule has 1 aromatic heterocycles. The van der Waals surface area contributed by atoms with Crippen LogP contribution in [-0.2, 0) is 17.8 Å². The van der Waals surface area contributed by atoms with Crippen molar-refractivity contribution >= 4 is 5.91 Å². The van der Waals surface area contributed by atoms with Crippen LogP contribution in [0, 0.1) is 12.8 Å². The summed E-state index contributed by atoms with van der Waals surface area (Å²) in [5, 5.41) is 0. The first-order chi connectivity index (χ1) is 14.6. The molecule has 2 aliphatic heterocycles. The van der Waals surface area contributed by atoms with Gasteiger partial charge < -0.3 is 9.64 Å². The van der Waals surface area contributed by atoms with E-state index in [1.54, 1.807) is 0 Å². The van der Waals surface area contributed by atoms with Gasteiger partial charge in [0.25, 0.3) is 5.91 Å². The molecule has 4 rings (SSSR count). The van der Waals surface area contributed by atoms with Crippen LogP contribution in [0.5, 0.6) is 5.75 Å². The van der Waals surface area contributed by atoms with Gasteiger partial charge in [0.1, 0.15) is 11.6 Å². The lowest BCUT2D eigenvalue weighted by Gasteiger charge is -2.43. The number of likely N-dealkylation sites (N-methyl/N-ethyl adjacent to an activating group) is 1. The SMILES string of the molecule is Cc1ncc(CN2CC[C@@H]3[C@@H](CCCCc4ccccc4OCC(=O)N3C)C2)cn1. The summed E-state index contributed by atoms with van der Waals surface area (Å²) in [6, 6.07) is 8.39. The number of hydrogen-bond donors (Lipinski definition) is 0. The maximum absolute atomic E-state index is 12.9. The fraction of sp³-hybridized carbons (Fsp3) is 0.542. The normalized spacial score (nSPS) is 23.5. The van der Waals surface area contributed by atoms with E-state index in [0.29, 0.717) is 5.92 Å². The number of benzene rings is 1. The third-order valence-electron chi connectivity index (χ3n) is 6.50. The van der Waals surface area contributed by atoms with Gasteiger partial charge in [-0.25, -0.2) is 9.97 Å². The molecule has 0 bridgehead atoms. The summed E-state index contributed by atoms with van der Waals surface area (Å²) in [5.74, 6) is 2.21. The Morgan fingerprint density at radius 2 is 1.93 bits per heavy atom. The van der Waals surface area contributed by atoms with Crippen molar-refractivity contribution in [2.24, 2.45) is 5.92 Å². The number of fused-ring (bicyclic) bond motifs is 2. The minimum Gasteiger partial charge on any atom is -0.483 e. The van der Waals surface area contributed by atoms with E-state index in [0.717, 1.165) is 62.5 Å². The Morgan fingerprint density at radius 1 is 1.13 bits per heavy atom. The minimum absolute atomic E-state index is 0.0701. The van der Waals surface area contributed by atoms with Crippen LogP contribution in [-0.4, -0.2) is 58.5 Å². The molecule has 1 fully saturated rings. The molecule has 6 heteroatoms. The third kappa shape index (κ3) is 4.98. The minimum atomic E-state index is 0.0701. The van der Waals surface area contributed by atoms with Crippen molar-refractivity contribution in [2.45, 2.75) is 51.6 Å². The zero-order valence-corrected chi connectivity index (χ0v) is 18.1. The van der Waals surface area contributed by atoms with Crippen LogP contribution >= 0.6 is 0 Å². The van der Waals surface area contributed by atoms with E-state index in [4.69, 9.17) is 4.74 Å². The highest BCUT2D eigenvalue weighted by Gasteiger charge is 2.34. The molecular formula is C24H32N4O2. The second kappa shape index (κ2) is 9.56. The summed E-state index contributed by atoms with van der Waals surface area (Å²) in [4.78, 5) is 26.0. The number of amides is 1. The highest BCUT2D eigenvalue weighted by molar-refractivity contribution is 5.78. The van der Waals surface area contributed by atoms with Gasteiger partial charge in [-0.1, -0.05) is 24.6 Å². The average molecular weight is 409 g/mol. The van der Waals surface area contributed by atoms with Crippen LogP contribution in [0.2, 0.25) is 0 Å². The first-order valence-corrected chi connectivity index (χ1v) is 11.1. The fourth-order valence-corrected chi connectivity index (χ4v) is 4.79. The van der Waals surface area contributed by atoms with Crippen LogP contribution in [0.4, 0.5) is 0 Å². The maximum Gasteiger partial charge on any atom is 0.260 e. The number of carbonyl (C=O) groups is 1. The molecule has 0 spiro atoms. The van der Waals surface area contributed by atoms with Crippen molar-refractivity contribution in [3.8, 4) is 5.75 Å². The summed E-state index contributed by atoms with van der Waals surface area (Å²) in [7, 11) is 1.95. The van der Waals surface area contributed by atoms with E-state index in [-0.39, 0.29) is 18.6 Å². The topological polar surface area (TPSA) is 58.6 Å². The molecule has 1 amide bonds. The number of nitrogens with zero attached hydrogens (tertiary/aromatic N) is 4. The Morgan fingerprint density at radius 3 is 2.77 bits per heavy atom. The highest BCUT2D eigenvalue weighted by Crippen LogP contribution is 2.29. The van der Waals surface area contributed by atoms with Gasteiger partial charge in [-0.2, -0.15) is 0 Å². The number of aryl methyl sites for hydroxylation is 2. The van der Waals surface area contributed by atoms with Gasteiger partial charge in [-0.05, 0) is 50.2 Å². The predicted octanol–water partition coefficient (Wildman–Crippen LogP) is 3.24. The van der Waals surface area contributed by atoms with Crippen LogP contribution in [0.1, 0.15) is 42.6 Å². The molecule has 2 aromatic rings. The molecule has 1 aromatic carbocycles. The molecule has 2 atom stereocenters. The second-order valence-electron chi connectivity index (χ2n) is 8.64. The summed E-state index contributed by atoms with van der Waals surface area (Å²) in [6.45, 7) is 4.89. The van der Waals surface area contributed by atoms with Crippen LogP contribution in [0.25, 0.3) is 0 Å². The van der Waals surface area contributed by atoms with Crippen molar-refractivity contribution in [3.05, 3.63) is 53.6 Å². The molecular weight excluding hydrogens is 376 g/mol. The van der Waals surface area contributed by atoms with E-state index >= 15 is 0 Å². The van der Waals surface area contributed by atoms with Crippen LogP contribution in [0.15, 0.2) is 36.7 Å². The van der Waals surface area contributed by atoms with E-state index in [1.807, 2.05) is 49.5 Å². The van der Waals surface area contributed by atoms with Crippen molar-refractivity contribution in [2.75, 3.05) is 26.7 Å². The van der Waals surface area contributed by atoms with Gasteiger partial charge in [0.15, 0.2) is 6.61 Å². The van der Waals surface area contributed by atoms with Crippen molar-refractivity contribution in [1.29, 1.82) is 0 Å². The Labute approximate surface area is 179 Å². The molecule has 0 N–H and O–H groups in total. The number of carbonyl (C=O) groups excluding carboxylic acids is 1. The lowest BCUT2D eigenvalue weighted by molar-refractivity contribution is -0.136. The molecule has 3 heterocycles. The first kappa shape index (κ1) is 20.8. The van der Waals surface area contributed by atoms with Crippen molar-refractivity contribution in [3.63, 3.8) is 0 Å². The zero-order valence-electron chi connectivity index (χ0n) is 18.1. The molecule has 30 heavy (non-hydrogen) atoms. The van der Waals surface area contributed by atoms with E-state index in [1.165, 1.54) is 12.0 Å². The molecule has 2 aliphatic rings. The summed E-state index contributed by atoms with van der Waals surface area (Å²) in [5.41, 5.74) is 2.36. The van der Waals surface area contributed by atoms with Gasteiger partial charge in [0, 0.05) is 50.7 Å². The lowest BCUT2D eigenvalue weighted by Crippen LogP contribution is -2.52. The van der Waals surface area contributed by atoms with Gasteiger partial charge in [-0.15, -0.1) is 0 Å². The third-order valence-corrected chi connectivity index (χ3v) is 6.50. The van der Waals surface area contributed by atoms with Crippen LogP contribution in [0.3, 0.4) is 0 Å². The molecule has 0 unspecified atom stereocenters. The smallest absolute Gasteiger partial charge is 0.260 e. The number of likely N-dealkylation sites (tertiary alicyclic amines) is 1. The van der Waals surface area contributed by atoms with Crippen molar-refractivity contribution in [1.82, 2.24) is 19.8 Å². The van der Waals surface area contributed by atoms with Crippen LogP contribution < -0.4 is 4.74 Å². The number of rotatable bonds is 2. The highest BCUT2D eigenvalue weighted by atomic mass is 16.5. The van der Waals surface area contributed by atoms with E-state index in [2.05, 4.69) is 20.9 Å². The molecule has 160 valence electrons. The molecule has 1 saturated heterocycles. The van der Waals surface area contributed by atoms with E-state index < -0.39 is 0 Å². The van der Waals surface area contributed by atoms with E-state index in [9.17, 15) is 4.79 Å². The lowest BCUT2D eigenvalue weighted by atomic mass is 9.86. The first-order valence-electron chi connectivity index (χ1n) is 11.1. The number of aromatic nitrogens is 2. The summed E-state index contributed by atoms with van der Waals surface area (Å²) < 4.78 is 5.92. The summed E-state index contributed by atoms with van der Waals surface area (Å²) >= 11 is 0. The number of ether oxygens (including phenoxy) is 1. The van der Waals surface area contributed by atoms with Crippen molar-refractivity contribution < 1.29 is 9.53 Å². The number of hydrogen-bond acceptors (Lipinski definition) is 5. The fourth-order valence-electron chi connectivity index (χ4n) is 4.79. The molecule has 0 radical (unpaired) electrons. The average Bonchev–Trinajstić information content (AvgIpc) is 2.76. The standard InChI is InChI=1S/C24H32N4O2/c1-18-25-13-19(14-26-18)15-28-12-11-22-21(16-28)9-4-3-7-20-8-5-6-10-23(20)30-17-24(29)27(22)2/h5-6,8,10,13-14,21-22H,3-4,7,9,11-12,15-17H2,1-2H3/t21-,22+/m0/s1. The maximum atomic E-state index is 12.9. The quantitative estimate of drug-likeness (QED) is 0.764. The number of piperidine rings is 1. The summed E-state index contributed by atoms with van der Waals surface area (Å²) in [6.07, 6.45) is 9.32. The Kier molecular flexibility index (Phi) is 6.62. The zero-order chi connectivity index (χ0) is 20.9. The van der Waals surface area contributed by atoms with Gasteiger partial charge in [0.2, 0.25) is 0 Å². The monoisotopic (exact) mass is 408 g/mol. The Bertz CT molecular complexity index is 855.